The largest absolute Gasteiger partial charge is 0.264 e. The van der Waals surface area contributed by atoms with Crippen molar-refractivity contribution < 1.29 is 0 Å². The minimum Gasteiger partial charge on any atom is -0.264 e. The summed E-state index contributed by atoms with van der Waals surface area (Å²) in [7, 11) is 0. The van der Waals surface area contributed by atoms with E-state index in [-0.39, 0.29) is 0 Å². The lowest BCUT2D eigenvalue weighted by molar-refractivity contribution is 0.757. The summed E-state index contributed by atoms with van der Waals surface area (Å²) in [6, 6.07) is 12.6. The highest BCUT2D eigenvalue weighted by Gasteiger charge is 2.11. The summed E-state index contributed by atoms with van der Waals surface area (Å²) in [5, 5.41) is 0. The predicted molar refractivity (Wildman–Crippen MR) is 255 cm³/mol. The molecule has 4 aromatic heterocycles. The van der Waals surface area contributed by atoms with Crippen molar-refractivity contribution in [1.29, 1.82) is 0 Å². The maximum Gasteiger partial charge on any atom is 0.0463 e. The molecule has 0 amide bonds. The summed E-state index contributed by atoms with van der Waals surface area (Å²) in [6.07, 6.45) is 11.5. The van der Waals surface area contributed by atoms with Gasteiger partial charge in [-0.2, -0.15) is 0 Å². The van der Waals surface area contributed by atoms with Crippen LogP contribution >= 0.6 is 0 Å². The van der Waals surface area contributed by atoms with Crippen molar-refractivity contribution in [2.75, 3.05) is 0 Å². The number of pyridine rings is 4. The number of hydrogen-bond acceptors (Lipinski definition) is 4. The van der Waals surface area contributed by atoms with Crippen LogP contribution in [0.3, 0.4) is 0 Å². The first kappa shape index (κ1) is 59.3. The van der Waals surface area contributed by atoms with E-state index in [0.29, 0.717) is 47.3 Å². The Bertz CT molecular complexity index is 1120. The Morgan fingerprint density at radius 2 is 0.536 bits per heavy atom. The molecule has 0 aromatic carbocycles. The molecule has 4 aromatic rings. The van der Waals surface area contributed by atoms with E-state index in [4.69, 9.17) is 0 Å². The second-order valence-electron chi connectivity index (χ2n) is 15.2. The number of nitrogens with zero attached hydrogens (tertiary/aromatic N) is 4. The number of rotatable bonds is 8. The minimum atomic E-state index is 0.531. The fourth-order valence-corrected chi connectivity index (χ4v) is 5.65. The molecule has 0 aliphatic heterocycles. The lowest BCUT2D eigenvalue weighted by Gasteiger charge is -2.14. The van der Waals surface area contributed by atoms with E-state index < -0.39 is 0 Å². The molecular formula is C52H92N4. The van der Waals surface area contributed by atoms with E-state index in [1.165, 1.54) is 44.8 Å². The quantitative estimate of drug-likeness (QED) is 0.179. The Balaban J connectivity index is -0.000000303. The molecule has 0 spiro atoms. The van der Waals surface area contributed by atoms with Gasteiger partial charge in [0.15, 0.2) is 0 Å². The molecular weight excluding hydrogens is 681 g/mol. The van der Waals surface area contributed by atoms with Crippen LogP contribution in [0.2, 0.25) is 0 Å². The fraction of sp³-hybridized carbons (Fsp3) is 0.615. The third-order valence-corrected chi connectivity index (χ3v) is 8.34. The monoisotopic (exact) mass is 773 g/mol. The van der Waals surface area contributed by atoms with Gasteiger partial charge in [0.25, 0.3) is 0 Å². The van der Waals surface area contributed by atoms with E-state index in [0.717, 1.165) is 0 Å². The van der Waals surface area contributed by atoms with Crippen LogP contribution in [0.25, 0.3) is 0 Å². The highest BCUT2D eigenvalue weighted by Crippen LogP contribution is 2.26. The molecule has 0 aliphatic rings. The van der Waals surface area contributed by atoms with Crippen molar-refractivity contribution in [3.63, 3.8) is 0 Å². The predicted octanol–water partition coefficient (Wildman–Crippen LogP) is 17.4. The molecule has 320 valence electrons. The van der Waals surface area contributed by atoms with Gasteiger partial charge in [-0.25, -0.2) is 0 Å². The van der Waals surface area contributed by atoms with Crippen molar-refractivity contribution in [3.8, 4) is 0 Å². The van der Waals surface area contributed by atoms with Gasteiger partial charge in [0.05, 0.1) is 0 Å². The molecule has 0 saturated heterocycles. The van der Waals surface area contributed by atoms with Crippen molar-refractivity contribution in [1.82, 2.24) is 19.9 Å². The van der Waals surface area contributed by atoms with Gasteiger partial charge in [0.1, 0.15) is 0 Å². The van der Waals surface area contributed by atoms with Crippen LogP contribution < -0.4 is 0 Å². The summed E-state index contributed by atoms with van der Waals surface area (Å²) >= 11 is 0. The van der Waals surface area contributed by atoms with Crippen molar-refractivity contribution in [2.24, 2.45) is 0 Å². The topological polar surface area (TPSA) is 51.6 Å². The maximum absolute atomic E-state index is 4.40. The van der Waals surface area contributed by atoms with Crippen LogP contribution in [0.1, 0.15) is 258 Å². The summed E-state index contributed by atoms with van der Waals surface area (Å²) in [6.45, 7) is 51.3. The molecule has 0 aliphatic carbocycles. The lowest BCUT2D eigenvalue weighted by atomic mass is 9.93. The van der Waals surface area contributed by atoms with E-state index in [9.17, 15) is 0 Å². The molecule has 4 heterocycles. The molecule has 0 atom stereocenters. The molecule has 0 bridgehead atoms. The minimum absolute atomic E-state index is 0.531. The second-order valence-corrected chi connectivity index (χ2v) is 15.2. The number of aromatic nitrogens is 4. The SMILES string of the molecule is CC.CC.CC.CC.CC(C)c1cccnc1C(C)C.CC(C)c1cccnc1C(C)C.CC(C)c1ccncc1C(C)C.CC(C)c1ccncc1C(C)C. The zero-order valence-corrected chi connectivity index (χ0v) is 41.3. The van der Waals surface area contributed by atoms with Crippen molar-refractivity contribution in [2.45, 2.75) is 214 Å². The average molecular weight is 773 g/mol. The van der Waals surface area contributed by atoms with Gasteiger partial charge in [-0.1, -0.05) is 178 Å². The van der Waals surface area contributed by atoms with Crippen LogP contribution in [0.15, 0.2) is 73.6 Å². The highest BCUT2D eigenvalue weighted by atomic mass is 14.7. The molecule has 4 rings (SSSR count). The van der Waals surface area contributed by atoms with Crippen LogP contribution in [0, 0.1) is 0 Å². The van der Waals surface area contributed by atoms with E-state index in [1.807, 2.05) is 105 Å². The summed E-state index contributed by atoms with van der Waals surface area (Å²) < 4.78 is 0. The van der Waals surface area contributed by atoms with Crippen molar-refractivity contribution >= 4 is 0 Å². The Kier molecular flexibility index (Phi) is 38.1. The fourth-order valence-electron chi connectivity index (χ4n) is 5.65. The second kappa shape index (κ2) is 36.0. The van der Waals surface area contributed by atoms with Gasteiger partial charge in [0.2, 0.25) is 0 Å². The van der Waals surface area contributed by atoms with Crippen LogP contribution in [-0.2, 0) is 0 Å². The van der Waals surface area contributed by atoms with E-state index >= 15 is 0 Å². The molecule has 0 radical (unpaired) electrons. The summed E-state index contributed by atoms with van der Waals surface area (Å²) in [5.41, 5.74) is 10.9. The van der Waals surface area contributed by atoms with Crippen LogP contribution in [-0.4, -0.2) is 19.9 Å². The van der Waals surface area contributed by atoms with Gasteiger partial charge >= 0.3 is 0 Å². The highest BCUT2D eigenvalue weighted by molar-refractivity contribution is 5.30. The van der Waals surface area contributed by atoms with E-state index in [2.05, 4.69) is 155 Å². The average Bonchev–Trinajstić information content (AvgIpc) is 3.21. The van der Waals surface area contributed by atoms with Crippen molar-refractivity contribution in [3.05, 3.63) is 118 Å². The molecule has 0 unspecified atom stereocenters. The summed E-state index contributed by atoms with van der Waals surface area (Å²) in [4.78, 5) is 17.1. The van der Waals surface area contributed by atoms with Gasteiger partial charge in [-0.15, -0.1) is 0 Å². The Hall–Kier alpha value is -3.40. The first-order valence-corrected chi connectivity index (χ1v) is 22.3. The first-order valence-electron chi connectivity index (χ1n) is 22.3. The smallest absolute Gasteiger partial charge is 0.0463 e. The maximum atomic E-state index is 4.40. The molecule has 0 saturated carbocycles. The molecule has 56 heavy (non-hydrogen) atoms. The normalized spacial score (nSPS) is 10.0. The Morgan fingerprint density at radius 3 is 0.714 bits per heavy atom. The Labute approximate surface area is 350 Å². The van der Waals surface area contributed by atoms with Crippen LogP contribution in [0.5, 0.6) is 0 Å². The molecule has 0 N–H and O–H groups in total. The third kappa shape index (κ3) is 23.6. The van der Waals surface area contributed by atoms with Gasteiger partial charge in [-0.3, -0.25) is 19.9 Å². The van der Waals surface area contributed by atoms with Crippen LogP contribution in [0.4, 0.5) is 0 Å². The molecule has 0 fully saturated rings. The van der Waals surface area contributed by atoms with E-state index in [1.54, 1.807) is 0 Å². The molecule has 4 heteroatoms. The lowest BCUT2D eigenvalue weighted by Crippen LogP contribution is -2.00. The summed E-state index contributed by atoms with van der Waals surface area (Å²) in [5.74, 6) is 4.59. The molecule has 4 nitrogen and oxygen atoms in total. The number of hydrogen-bond donors (Lipinski definition) is 0. The Morgan fingerprint density at radius 1 is 0.286 bits per heavy atom. The third-order valence-electron chi connectivity index (χ3n) is 8.34. The van der Waals surface area contributed by atoms with Gasteiger partial charge < -0.3 is 0 Å². The zero-order chi connectivity index (χ0) is 44.6. The van der Waals surface area contributed by atoms with Gasteiger partial charge in [0, 0.05) is 48.6 Å². The zero-order valence-electron chi connectivity index (χ0n) is 41.3. The first-order chi connectivity index (χ1) is 26.5. The standard InChI is InChI=1S/4C11H17N.4C2H6/c2*1-8(2)10-5-6-12-7-11(10)9(3)4;2*1-8(2)10-6-5-7-12-11(10)9(3)4;4*1-2/h4*5-9H,1-4H3;4*1-2H3. The van der Waals surface area contributed by atoms with Gasteiger partial charge in [-0.05, 0) is 105 Å².